The number of H-pyrrole nitrogens is 1. The van der Waals surface area contributed by atoms with Crippen molar-refractivity contribution in [1.82, 2.24) is 4.31 Å². The van der Waals surface area contributed by atoms with Gasteiger partial charge < -0.3 is 9.64 Å². The number of methoxy groups -OCH3 is 1. The summed E-state index contributed by atoms with van der Waals surface area (Å²) in [5.41, 5.74) is 1.11. The Hall–Kier alpha value is -2.32. The number of sulfonamides is 1. The summed E-state index contributed by atoms with van der Waals surface area (Å²) in [7, 11) is -1.68. The van der Waals surface area contributed by atoms with Crippen LogP contribution in [0.2, 0.25) is 0 Å². The van der Waals surface area contributed by atoms with Crippen molar-refractivity contribution in [2.75, 3.05) is 56.2 Å². The third-order valence-electron chi connectivity index (χ3n) is 5.52. The maximum Gasteiger partial charge on any atom is 0.274 e. The number of aromatic nitrogens is 1. The Morgan fingerprint density at radius 2 is 1.57 bits per heavy atom. The average molecular weight is 404 g/mol. The molecular formula is C20H27N4O3S+. The van der Waals surface area contributed by atoms with Crippen LogP contribution in [0.4, 0.5) is 11.5 Å². The molecule has 0 bridgehead atoms. The molecule has 2 aliphatic rings. The van der Waals surface area contributed by atoms with Crippen molar-refractivity contribution >= 4 is 21.5 Å². The van der Waals surface area contributed by atoms with E-state index in [1.54, 1.807) is 23.7 Å². The van der Waals surface area contributed by atoms with E-state index in [1.807, 2.05) is 24.3 Å². The van der Waals surface area contributed by atoms with Crippen LogP contribution in [0.1, 0.15) is 12.8 Å². The monoisotopic (exact) mass is 403 g/mol. The molecule has 4 rings (SSSR count). The Bertz CT molecular complexity index is 903. The highest BCUT2D eigenvalue weighted by molar-refractivity contribution is 7.89. The van der Waals surface area contributed by atoms with E-state index in [9.17, 15) is 8.42 Å². The Kier molecular flexibility index (Phi) is 5.41. The molecular weight excluding hydrogens is 376 g/mol. The zero-order valence-electron chi connectivity index (χ0n) is 16.2. The average Bonchev–Trinajstić information content (AvgIpc) is 3.30. The number of pyridine rings is 1. The van der Waals surface area contributed by atoms with Crippen LogP contribution in [0.5, 0.6) is 5.75 Å². The van der Waals surface area contributed by atoms with Crippen molar-refractivity contribution in [1.29, 1.82) is 0 Å². The maximum absolute atomic E-state index is 12.7. The molecule has 0 unspecified atom stereocenters. The summed E-state index contributed by atoms with van der Waals surface area (Å²) >= 11 is 0. The molecule has 0 radical (unpaired) electrons. The Morgan fingerprint density at radius 1 is 0.893 bits per heavy atom. The quantitative estimate of drug-likeness (QED) is 0.759. The number of benzene rings is 1. The molecule has 0 amide bonds. The molecule has 2 aromatic rings. The molecule has 2 saturated heterocycles. The first-order chi connectivity index (χ1) is 13.6. The number of nitrogens with zero attached hydrogens (tertiary/aromatic N) is 3. The lowest BCUT2D eigenvalue weighted by Gasteiger charge is -2.33. The van der Waals surface area contributed by atoms with Crippen LogP contribution in [0.3, 0.4) is 0 Å². The van der Waals surface area contributed by atoms with E-state index in [0.717, 1.165) is 56.3 Å². The Morgan fingerprint density at radius 3 is 2.21 bits per heavy atom. The van der Waals surface area contributed by atoms with Crippen LogP contribution in [0.25, 0.3) is 0 Å². The summed E-state index contributed by atoms with van der Waals surface area (Å²) in [6, 6.07) is 11.7. The Labute approximate surface area is 166 Å². The van der Waals surface area contributed by atoms with Crippen molar-refractivity contribution in [2.45, 2.75) is 17.7 Å². The summed E-state index contributed by atoms with van der Waals surface area (Å²) in [5, 5.41) is 0. The van der Waals surface area contributed by atoms with Gasteiger partial charge in [-0.3, -0.25) is 4.90 Å². The van der Waals surface area contributed by atoms with E-state index in [-0.39, 0.29) is 0 Å². The minimum atomic E-state index is -3.38. The van der Waals surface area contributed by atoms with Gasteiger partial charge in [0.05, 0.1) is 25.9 Å². The second kappa shape index (κ2) is 7.97. The molecule has 150 valence electrons. The number of anilines is 2. The normalized spacial score (nSPS) is 18.5. The van der Waals surface area contributed by atoms with Crippen molar-refractivity contribution in [3.8, 4) is 5.75 Å². The van der Waals surface area contributed by atoms with E-state index < -0.39 is 10.0 Å². The van der Waals surface area contributed by atoms with Gasteiger partial charge in [0.25, 0.3) is 5.82 Å². The van der Waals surface area contributed by atoms with Gasteiger partial charge in [-0.2, -0.15) is 4.31 Å². The summed E-state index contributed by atoms with van der Waals surface area (Å²) in [5.74, 6) is 1.83. The third-order valence-corrected chi connectivity index (χ3v) is 7.41. The number of rotatable bonds is 5. The number of aromatic amines is 1. The van der Waals surface area contributed by atoms with Gasteiger partial charge in [-0.05, 0) is 31.0 Å². The fraction of sp³-hybridized carbons (Fsp3) is 0.450. The van der Waals surface area contributed by atoms with Crippen molar-refractivity contribution in [2.24, 2.45) is 0 Å². The summed E-state index contributed by atoms with van der Waals surface area (Å²) in [6.45, 7) is 4.70. The number of piperazine rings is 1. The number of hydrogen-bond donors (Lipinski definition) is 0. The van der Waals surface area contributed by atoms with Gasteiger partial charge in [0, 0.05) is 19.2 Å². The third kappa shape index (κ3) is 3.66. The predicted octanol–water partition coefficient (Wildman–Crippen LogP) is 1.62. The van der Waals surface area contributed by atoms with Crippen LogP contribution in [-0.2, 0) is 10.0 Å². The summed E-state index contributed by atoms with van der Waals surface area (Å²) in [6.07, 6.45) is 3.50. The second-order valence-corrected chi connectivity index (χ2v) is 9.10. The van der Waals surface area contributed by atoms with Gasteiger partial charge in [0.2, 0.25) is 10.0 Å². The molecule has 28 heavy (non-hydrogen) atoms. The predicted molar refractivity (Wildman–Crippen MR) is 108 cm³/mol. The van der Waals surface area contributed by atoms with E-state index >= 15 is 0 Å². The Balaban J connectivity index is 1.42. The standard InChI is InChI=1S/C20H26N4O3S/c1-27-19-7-3-2-6-18(19)22-12-14-23(15-13-22)20-9-8-17(16-21-20)28(25,26)24-10-4-5-11-24/h2-3,6-9,16H,4-5,10-15H2,1H3/p+1. The van der Waals surface area contributed by atoms with E-state index in [1.165, 1.54) is 0 Å². The van der Waals surface area contributed by atoms with Crippen LogP contribution < -0.4 is 19.5 Å². The number of hydrogen-bond acceptors (Lipinski definition) is 5. The molecule has 0 saturated carbocycles. The highest BCUT2D eigenvalue weighted by Crippen LogP contribution is 2.29. The summed E-state index contributed by atoms with van der Waals surface area (Å²) in [4.78, 5) is 8.10. The number of para-hydroxylation sites is 2. The molecule has 0 spiro atoms. The highest BCUT2D eigenvalue weighted by Gasteiger charge is 2.29. The maximum atomic E-state index is 12.7. The number of nitrogens with one attached hydrogen (secondary N) is 1. The lowest BCUT2D eigenvalue weighted by Crippen LogP contribution is -2.48. The van der Waals surface area contributed by atoms with Gasteiger partial charge in [0.1, 0.15) is 29.9 Å². The second-order valence-electron chi connectivity index (χ2n) is 7.17. The first-order valence-corrected chi connectivity index (χ1v) is 11.2. The largest absolute Gasteiger partial charge is 0.495 e. The van der Waals surface area contributed by atoms with Gasteiger partial charge in [0.15, 0.2) is 0 Å². The summed E-state index contributed by atoms with van der Waals surface area (Å²) < 4.78 is 32.4. The molecule has 1 aromatic carbocycles. The number of ether oxygens (including phenoxy) is 1. The van der Waals surface area contributed by atoms with Gasteiger partial charge in [-0.1, -0.05) is 12.1 Å². The first kappa shape index (κ1) is 19.0. The molecule has 8 heteroatoms. The topological polar surface area (TPSA) is 67.2 Å². The van der Waals surface area contributed by atoms with Crippen LogP contribution >= 0.6 is 0 Å². The van der Waals surface area contributed by atoms with Gasteiger partial charge >= 0.3 is 0 Å². The van der Waals surface area contributed by atoms with E-state index in [0.29, 0.717) is 18.0 Å². The first-order valence-electron chi connectivity index (χ1n) is 9.74. The van der Waals surface area contributed by atoms with E-state index in [4.69, 9.17) is 4.74 Å². The zero-order chi connectivity index (χ0) is 19.6. The van der Waals surface area contributed by atoms with Crippen molar-refractivity contribution < 1.29 is 18.1 Å². The molecule has 2 aliphatic heterocycles. The lowest BCUT2D eigenvalue weighted by molar-refractivity contribution is -0.367. The molecule has 2 fully saturated rings. The van der Waals surface area contributed by atoms with Crippen LogP contribution in [0, 0.1) is 0 Å². The van der Waals surface area contributed by atoms with Crippen LogP contribution in [0.15, 0.2) is 47.5 Å². The minimum absolute atomic E-state index is 0.339. The molecule has 0 aliphatic carbocycles. The van der Waals surface area contributed by atoms with Gasteiger partial charge in [-0.25, -0.2) is 13.4 Å². The van der Waals surface area contributed by atoms with Crippen molar-refractivity contribution in [3.63, 3.8) is 0 Å². The molecule has 7 nitrogen and oxygen atoms in total. The highest BCUT2D eigenvalue weighted by atomic mass is 32.2. The van der Waals surface area contributed by atoms with Crippen LogP contribution in [-0.4, -0.2) is 59.1 Å². The lowest BCUT2D eigenvalue weighted by atomic mass is 10.2. The molecule has 0 atom stereocenters. The smallest absolute Gasteiger partial charge is 0.274 e. The zero-order valence-corrected chi connectivity index (χ0v) is 17.0. The fourth-order valence-corrected chi connectivity index (χ4v) is 5.40. The molecule has 1 N–H and O–H groups in total. The van der Waals surface area contributed by atoms with E-state index in [2.05, 4.69) is 20.9 Å². The molecule has 1 aromatic heterocycles. The van der Waals surface area contributed by atoms with Crippen molar-refractivity contribution in [3.05, 3.63) is 42.6 Å². The van der Waals surface area contributed by atoms with Gasteiger partial charge in [-0.15, -0.1) is 0 Å². The fourth-order valence-electron chi connectivity index (χ4n) is 3.92. The SMILES string of the molecule is COc1ccccc1N1CCN(c2ccc(S(=O)(=O)N3CCCC3)c[nH+]2)CC1. The molecule has 3 heterocycles. The minimum Gasteiger partial charge on any atom is -0.495 e.